The number of pyridine rings is 1. The molecule has 3 aromatic carbocycles. The molecule has 2 N–H and O–H groups in total. The molecule has 0 unspecified atom stereocenters. The molecule has 0 aliphatic carbocycles. The van der Waals surface area contributed by atoms with Gasteiger partial charge in [0.2, 0.25) is 0 Å². The van der Waals surface area contributed by atoms with Crippen LogP contribution < -0.4 is 5.73 Å². The van der Waals surface area contributed by atoms with Crippen molar-refractivity contribution >= 4 is 47.6 Å². The molecule has 0 atom stereocenters. The topological polar surface area (TPSA) is 66.0 Å². The minimum absolute atomic E-state index is 0.436. The number of nitrogen functional groups attached to an aromatic ring is 1. The summed E-state index contributed by atoms with van der Waals surface area (Å²) in [7, 11) is -1.15. The zero-order chi connectivity index (χ0) is 25.1. The van der Waals surface area contributed by atoms with Gasteiger partial charge < -0.3 is 10.5 Å². The number of aromatic nitrogens is 3. The molecular formula is C30H32N4OSi. The average Bonchev–Trinajstić information content (AvgIpc) is 3.22. The van der Waals surface area contributed by atoms with Gasteiger partial charge in [0.15, 0.2) is 0 Å². The van der Waals surface area contributed by atoms with Gasteiger partial charge in [-0.3, -0.25) is 4.98 Å². The van der Waals surface area contributed by atoms with Crippen LogP contribution in [-0.4, -0.2) is 29.4 Å². The van der Waals surface area contributed by atoms with Crippen molar-refractivity contribution in [3.8, 4) is 11.1 Å². The fourth-order valence-corrected chi connectivity index (χ4v) is 5.07. The standard InChI is InChI=1S/C30H32N4OSi/c1-36(2,3)17-16-35-21-34-30-15-13-23(26-19-32-20-27-24(26)10-7-11-28(27)31)18-25(30)29(33-34)14-12-22-8-5-4-6-9-22/h4-15,18-20H,16-17,21,31H2,1-3H3. The molecule has 0 fully saturated rings. The van der Waals surface area contributed by atoms with Gasteiger partial charge in [-0.05, 0) is 46.8 Å². The van der Waals surface area contributed by atoms with Gasteiger partial charge in [-0.15, -0.1) is 0 Å². The van der Waals surface area contributed by atoms with Crippen LogP contribution in [0.15, 0.2) is 79.1 Å². The highest BCUT2D eigenvalue weighted by atomic mass is 28.3. The van der Waals surface area contributed by atoms with Crippen molar-refractivity contribution in [3.63, 3.8) is 0 Å². The molecule has 0 radical (unpaired) electrons. The summed E-state index contributed by atoms with van der Waals surface area (Å²) in [5.74, 6) is 0. The highest BCUT2D eigenvalue weighted by Gasteiger charge is 2.15. The average molecular weight is 493 g/mol. The second-order valence-corrected chi connectivity index (χ2v) is 16.0. The minimum Gasteiger partial charge on any atom is -0.398 e. The van der Waals surface area contributed by atoms with E-state index in [1.807, 2.05) is 47.4 Å². The third-order valence-corrected chi connectivity index (χ3v) is 8.07. The molecule has 0 bridgehead atoms. The number of nitrogens with zero attached hydrogens (tertiary/aromatic N) is 3. The lowest BCUT2D eigenvalue weighted by molar-refractivity contribution is 0.0816. The number of hydrogen-bond acceptors (Lipinski definition) is 4. The van der Waals surface area contributed by atoms with E-state index in [0.29, 0.717) is 6.73 Å². The van der Waals surface area contributed by atoms with Crippen molar-refractivity contribution in [2.45, 2.75) is 32.4 Å². The smallest absolute Gasteiger partial charge is 0.140 e. The van der Waals surface area contributed by atoms with Gasteiger partial charge in [0.25, 0.3) is 0 Å². The lowest BCUT2D eigenvalue weighted by Gasteiger charge is -2.15. The zero-order valence-corrected chi connectivity index (χ0v) is 22.1. The fourth-order valence-electron chi connectivity index (χ4n) is 4.31. The minimum atomic E-state index is -1.15. The van der Waals surface area contributed by atoms with E-state index in [-0.39, 0.29) is 0 Å². The number of rotatable bonds is 8. The summed E-state index contributed by atoms with van der Waals surface area (Å²) in [6.07, 6.45) is 7.92. The summed E-state index contributed by atoms with van der Waals surface area (Å²) in [6, 6.07) is 23.9. The van der Waals surface area contributed by atoms with E-state index in [1.165, 1.54) is 0 Å². The Morgan fingerprint density at radius 1 is 0.889 bits per heavy atom. The molecule has 6 heteroatoms. The zero-order valence-electron chi connectivity index (χ0n) is 21.1. The van der Waals surface area contributed by atoms with Crippen molar-refractivity contribution in [1.29, 1.82) is 0 Å². The van der Waals surface area contributed by atoms with E-state index in [1.54, 1.807) is 0 Å². The number of ether oxygens (including phenoxy) is 1. The molecule has 5 rings (SSSR count). The first-order valence-electron chi connectivity index (χ1n) is 12.3. The van der Waals surface area contributed by atoms with Crippen LogP contribution in [0.3, 0.4) is 0 Å². The highest BCUT2D eigenvalue weighted by Crippen LogP contribution is 2.33. The molecule has 5 nitrogen and oxygen atoms in total. The Balaban J connectivity index is 1.55. The highest BCUT2D eigenvalue weighted by molar-refractivity contribution is 6.76. The van der Waals surface area contributed by atoms with Crippen LogP contribution in [0.2, 0.25) is 25.7 Å². The molecule has 0 amide bonds. The monoisotopic (exact) mass is 492 g/mol. The maximum Gasteiger partial charge on any atom is 0.140 e. The SMILES string of the molecule is C[Si](C)(C)CCOCn1nc(C=Cc2ccccc2)c2cc(-c3cncc4c(N)cccc34)ccc21. The molecule has 0 saturated heterocycles. The lowest BCUT2D eigenvalue weighted by atomic mass is 9.98. The summed E-state index contributed by atoms with van der Waals surface area (Å²) < 4.78 is 8.02. The van der Waals surface area contributed by atoms with Crippen molar-refractivity contribution in [2.75, 3.05) is 12.3 Å². The van der Waals surface area contributed by atoms with Gasteiger partial charge in [-0.2, -0.15) is 5.10 Å². The molecule has 0 aliphatic rings. The Morgan fingerprint density at radius 2 is 1.72 bits per heavy atom. The first-order valence-corrected chi connectivity index (χ1v) is 16.0. The van der Waals surface area contributed by atoms with Crippen LogP contribution in [0.4, 0.5) is 5.69 Å². The number of nitrogens with two attached hydrogens (primary N) is 1. The molecule has 2 heterocycles. The molecule has 0 spiro atoms. The summed E-state index contributed by atoms with van der Waals surface area (Å²) in [6.45, 7) is 8.29. The Morgan fingerprint density at radius 3 is 2.53 bits per heavy atom. The first-order chi connectivity index (χ1) is 17.4. The van der Waals surface area contributed by atoms with Crippen LogP contribution in [0.5, 0.6) is 0 Å². The molecule has 182 valence electrons. The van der Waals surface area contributed by atoms with Crippen molar-refractivity contribution in [1.82, 2.24) is 14.8 Å². The van der Waals surface area contributed by atoms with Gasteiger partial charge in [0, 0.05) is 49.1 Å². The molecule has 0 aliphatic heterocycles. The number of anilines is 1. The lowest BCUT2D eigenvalue weighted by Crippen LogP contribution is -2.22. The molecule has 36 heavy (non-hydrogen) atoms. The van der Waals surface area contributed by atoms with Crippen molar-refractivity contribution in [3.05, 3.63) is 90.4 Å². The number of hydrogen-bond donors (Lipinski definition) is 1. The maximum atomic E-state index is 6.23. The number of fused-ring (bicyclic) bond motifs is 2. The number of benzene rings is 3. The Hall–Kier alpha value is -3.74. The predicted octanol–water partition coefficient (Wildman–Crippen LogP) is 7.32. The van der Waals surface area contributed by atoms with Crippen LogP contribution >= 0.6 is 0 Å². The van der Waals surface area contributed by atoms with E-state index < -0.39 is 8.07 Å². The Kier molecular flexibility index (Phi) is 6.72. The van der Waals surface area contributed by atoms with E-state index >= 15 is 0 Å². The Labute approximate surface area is 213 Å². The van der Waals surface area contributed by atoms with E-state index in [4.69, 9.17) is 15.6 Å². The summed E-state index contributed by atoms with van der Waals surface area (Å²) in [5.41, 5.74) is 12.2. The first kappa shape index (κ1) is 24.0. The predicted molar refractivity (Wildman–Crippen MR) is 154 cm³/mol. The van der Waals surface area contributed by atoms with Crippen LogP contribution in [0.1, 0.15) is 11.3 Å². The van der Waals surface area contributed by atoms with Crippen molar-refractivity contribution in [2.24, 2.45) is 0 Å². The van der Waals surface area contributed by atoms with E-state index in [9.17, 15) is 0 Å². The second-order valence-electron chi connectivity index (χ2n) is 10.3. The second kappa shape index (κ2) is 10.1. The molecule has 0 saturated carbocycles. The van der Waals surface area contributed by atoms with E-state index in [0.717, 1.165) is 62.4 Å². The van der Waals surface area contributed by atoms with Crippen LogP contribution in [0.25, 0.3) is 45.0 Å². The van der Waals surface area contributed by atoms with Crippen LogP contribution in [-0.2, 0) is 11.5 Å². The largest absolute Gasteiger partial charge is 0.398 e. The van der Waals surface area contributed by atoms with Gasteiger partial charge in [0.1, 0.15) is 6.73 Å². The molecule has 2 aromatic heterocycles. The van der Waals surface area contributed by atoms with Gasteiger partial charge in [-0.25, -0.2) is 4.68 Å². The summed E-state index contributed by atoms with van der Waals surface area (Å²) in [4.78, 5) is 4.47. The van der Waals surface area contributed by atoms with Crippen LogP contribution in [0, 0.1) is 0 Å². The normalized spacial score (nSPS) is 12.2. The third-order valence-electron chi connectivity index (χ3n) is 6.37. The fraction of sp³-hybridized carbons (Fsp3) is 0.200. The van der Waals surface area contributed by atoms with Crippen molar-refractivity contribution < 1.29 is 4.74 Å². The molecular weight excluding hydrogens is 460 g/mol. The Bertz CT molecular complexity index is 1530. The van der Waals surface area contributed by atoms with Gasteiger partial charge in [-0.1, -0.05) is 74.2 Å². The van der Waals surface area contributed by atoms with Gasteiger partial charge >= 0.3 is 0 Å². The van der Waals surface area contributed by atoms with E-state index in [2.05, 4.69) is 73.2 Å². The summed E-state index contributed by atoms with van der Waals surface area (Å²) >= 11 is 0. The quantitative estimate of drug-likeness (QED) is 0.140. The maximum absolute atomic E-state index is 6.23. The molecule has 5 aromatic rings. The van der Waals surface area contributed by atoms with Gasteiger partial charge in [0.05, 0.1) is 11.2 Å². The summed E-state index contributed by atoms with van der Waals surface area (Å²) in [5, 5.41) is 8.06. The third kappa shape index (κ3) is 5.25.